The fourth-order valence-corrected chi connectivity index (χ4v) is 1.66. The molecule has 1 aliphatic carbocycles. The average Bonchev–Trinajstić information content (AvgIpc) is 2.16. The van der Waals surface area contributed by atoms with Gasteiger partial charge in [-0.25, -0.2) is 0 Å². The highest BCUT2D eigenvalue weighted by molar-refractivity contribution is 5.83. The van der Waals surface area contributed by atoms with Crippen LogP contribution in [0.5, 0.6) is 0 Å². The summed E-state index contributed by atoms with van der Waals surface area (Å²) in [5.41, 5.74) is 1.34. The molecule has 0 aliphatic heterocycles. The molecule has 0 radical (unpaired) electrons. The molecular weight excluding hydrogens is 136 g/mol. The van der Waals surface area contributed by atoms with Crippen LogP contribution in [0, 0.1) is 5.92 Å². The zero-order valence-corrected chi connectivity index (χ0v) is 7.39. The number of hydrogen-bond donors (Lipinski definition) is 0. The molecule has 0 spiro atoms. The summed E-state index contributed by atoms with van der Waals surface area (Å²) in [7, 11) is 0. The van der Waals surface area contributed by atoms with E-state index in [1.807, 2.05) is 13.8 Å². The van der Waals surface area contributed by atoms with E-state index >= 15 is 0 Å². The van der Waals surface area contributed by atoms with Gasteiger partial charge in [-0.15, -0.1) is 0 Å². The molecule has 1 aliphatic rings. The second kappa shape index (κ2) is 3.70. The number of carbonyl (C=O) groups excluding carboxylic acids is 1. The Labute approximate surface area is 68.5 Å². The molecule has 0 N–H and O–H groups in total. The van der Waals surface area contributed by atoms with Gasteiger partial charge in [0.1, 0.15) is 5.78 Å². The maximum absolute atomic E-state index is 11.3. The maximum atomic E-state index is 11.3. The third-order valence-corrected chi connectivity index (χ3v) is 2.55. The Bertz CT molecular complexity index is 179. The fourth-order valence-electron chi connectivity index (χ4n) is 1.66. The molecule has 1 atom stereocenters. The molecule has 0 amide bonds. The quantitative estimate of drug-likeness (QED) is 0.385. The van der Waals surface area contributed by atoms with E-state index in [-0.39, 0.29) is 5.92 Å². The van der Waals surface area contributed by atoms with Crippen molar-refractivity contribution in [3.05, 3.63) is 11.6 Å². The number of rotatable bonds is 0. The average molecular weight is 152 g/mol. The highest BCUT2D eigenvalue weighted by atomic mass is 16.1. The van der Waals surface area contributed by atoms with E-state index in [2.05, 4.69) is 6.08 Å². The summed E-state index contributed by atoms with van der Waals surface area (Å²) >= 11 is 0. The van der Waals surface area contributed by atoms with Crippen LogP contribution in [0.2, 0.25) is 0 Å². The Balaban J connectivity index is 2.72. The first kappa shape index (κ1) is 8.51. The minimum Gasteiger partial charge on any atom is -0.299 e. The molecule has 0 saturated heterocycles. The minimum absolute atomic E-state index is 0.197. The number of allylic oxidation sites excluding steroid dienone is 2. The molecule has 0 bridgehead atoms. The lowest BCUT2D eigenvalue weighted by atomic mass is 9.95. The smallest absolute Gasteiger partial charge is 0.139 e. The number of Topliss-reactive ketones (excluding diaryl/α,β-unsaturated/α-hetero) is 1. The largest absolute Gasteiger partial charge is 0.299 e. The van der Waals surface area contributed by atoms with Crippen molar-refractivity contribution in [1.82, 2.24) is 0 Å². The monoisotopic (exact) mass is 152 g/mol. The third-order valence-electron chi connectivity index (χ3n) is 2.55. The fraction of sp³-hybridized carbons (Fsp3) is 0.700. The van der Waals surface area contributed by atoms with Gasteiger partial charge in [-0.1, -0.05) is 18.6 Å². The van der Waals surface area contributed by atoms with Gasteiger partial charge in [0, 0.05) is 12.3 Å². The molecule has 62 valence electrons. The molecule has 0 aromatic heterocycles. The topological polar surface area (TPSA) is 17.1 Å². The standard InChI is InChI=1S/C10H16O/c1-3-9-6-4-5-7-10(11)8(9)2/h3,8H,4-7H2,1-2H3/b9-3+. The summed E-state index contributed by atoms with van der Waals surface area (Å²) in [4.78, 5) is 11.3. The zero-order chi connectivity index (χ0) is 8.27. The van der Waals surface area contributed by atoms with Crippen LogP contribution in [0.15, 0.2) is 11.6 Å². The molecule has 1 saturated carbocycles. The summed E-state index contributed by atoms with van der Waals surface area (Å²) in [6.45, 7) is 4.06. The second-order valence-corrected chi connectivity index (χ2v) is 3.26. The summed E-state index contributed by atoms with van der Waals surface area (Å²) in [5, 5.41) is 0. The Morgan fingerprint density at radius 3 is 2.64 bits per heavy atom. The molecule has 1 fully saturated rings. The first-order valence-electron chi connectivity index (χ1n) is 4.43. The van der Waals surface area contributed by atoms with Gasteiger partial charge in [-0.05, 0) is 26.2 Å². The van der Waals surface area contributed by atoms with Crippen molar-refractivity contribution in [2.24, 2.45) is 5.92 Å². The minimum atomic E-state index is 0.197. The molecule has 0 heterocycles. The molecule has 0 aromatic rings. The van der Waals surface area contributed by atoms with Crippen LogP contribution in [0.4, 0.5) is 0 Å². The SMILES string of the molecule is C/C=C1\CCCCC(=O)C1C. The molecule has 0 aromatic carbocycles. The predicted octanol–water partition coefficient (Wildman–Crippen LogP) is 2.71. The van der Waals surface area contributed by atoms with Gasteiger partial charge in [0.2, 0.25) is 0 Å². The number of carbonyl (C=O) groups is 1. The summed E-state index contributed by atoms with van der Waals surface area (Å²) in [6, 6.07) is 0. The van der Waals surface area contributed by atoms with Crippen LogP contribution in [-0.4, -0.2) is 5.78 Å². The highest BCUT2D eigenvalue weighted by Gasteiger charge is 2.19. The van der Waals surface area contributed by atoms with E-state index in [9.17, 15) is 4.79 Å². The van der Waals surface area contributed by atoms with Crippen molar-refractivity contribution in [3.63, 3.8) is 0 Å². The van der Waals surface area contributed by atoms with Crippen molar-refractivity contribution in [3.8, 4) is 0 Å². The lowest BCUT2D eigenvalue weighted by Crippen LogP contribution is -2.10. The number of hydrogen-bond acceptors (Lipinski definition) is 1. The Morgan fingerprint density at radius 1 is 1.36 bits per heavy atom. The lowest BCUT2D eigenvalue weighted by Gasteiger charge is -2.09. The van der Waals surface area contributed by atoms with E-state index in [4.69, 9.17) is 0 Å². The Morgan fingerprint density at radius 2 is 2.00 bits per heavy atom. The van der Waals surface area contributed by atoms with Crippen LogP contribution in [0.25, 0.3) is 0 Å². The van der Waals surface area contributed by atoms with Crippen LogP contribution >= 0.6 is 0 Å². The van der Waals surface area contributed by atoms with Crippen molar-refractivity contribution in [1.29, 1.82) is 0 Å². The zero-order valence-electron chi connectivity index (χ0n) is 7.39. The number of ketones is 1. The first-order chi connectivity index (χ1) is 5.25. The summed E-state index contributed by atoms with van der Waals surface area (Å²) in [5.74, 6) is 0.623. The molecule has 1 nitrogen and oxygen atoms in total. The van der Waals surface area contributed by atoms with Crippen molar-refractivity contribution < 1.29 is 4.79 Å². The van der Waals surface area contributed by atoms with Gasteiger partial charge in [0.05, 0.1) is 0 Å². The van der Waals surface area contributed by atoms with Crippen molar-refractivity contribution in [2.45, 2.75) is 39.5 Å². The maximum Gasteiger partial charge on any atom is 0.139 e. The molecular formula is C10H16O. The van der Waals surface area contributed by atoms with Gasteiger partial charge in [0.25, 0.3) is 0 Å². The van der Waals surface area contributed by atoms with Gasteiger partial charge in [-0.3, -0.25) is 4.79 Å². The van der Waals surface area contributed by atoms with Crippen LogP contribution in [0.3, 0.4) is 0 Å². The van der Waals surface area contributed by atoms with Crippen molar-refractivity contribution in [2.75, 3.05) is 0 Å². The normalized spacial score (nSPS) is 30.5. The Kier molecular flexibility index (Phi) is 2.86. The van der Waals surface area contributed by atoms with Gasteiger partial charge >= 0.3 is 0 Å². The highest BCUT2D eigenvalue weighted by Crippen LogP contribution is 2.24. The molecule has 1 rings (SSSR count). The van der Waals surface area contributed by atoms with E-state index in [0.717, 1.165) is 19.3 Å². The van der Waals surface area contributed by atoms with E-state index in [1.165, 1.54) is 12.0 Å². The van der Waals surface area contributed by atoms with Crippen LogP contribution < -0.4 is 0 Å². The Hall–Kier alpha value is -0.590. The first-order valence-corrected chi connectivity index (χ1v) is 4.43. The lowest BCUT2D eigenvalue weighted by molar-refractivity contribution is -0.121. The predicted molar refractivity (Wildman–Crippen MR) is 46.4 cm³/mol. The van der Waals surface area contributed by atoms with Gasteiger partial charge in [0.15, 0.2) is 0 Å². The molecule has 1 unspecified atom stereocenters. The van der Waals surface area contributed by atoms with Crippen molar-refractivity contribution >= 4 is 5.78 Å². The van der Waals surface area contributed by atoms with Crippen LogP contribution in [-0.2, 0) is 4.79 Å². The summed E-state index contributed by atoms with van der Waals surface area (Å²) < 4.78 is 0. The summed E-state index contributed by atoms with van der Waals surface area (Å²) in [6.07, 6.45) is 6.30. The van der Waals surface area contributed by atoms with Gasteiger partial charge in [-0.2, -0.15) is 0 Å². The molecule has 1 heteroatoms. The van der Waals surface area contributed by atoms with E-state index in [0.29, 0.717) is 5.78 Å². The third kappa shape index (κ3) is 1.92. The van der Waals surface area contributed by atoms with Crippen LogP contribution in [0.1, 0.15) is 39.5 Å². The van der Waals surface area contributed by atoms with E-state index in [1.54, 1.807) is 0 Å². The molecule has 11 heavy (non-hydrogen) atoms. The second-order valence-electron chi connectivity index (χ2n) is 3.26. The van der Waals surface area contributed by atoms with E-state index < -0.39 is 0 Å². The van der Waals surface area contributed by atoms with Gasteiger partial charge < -0.3 is 0 Å².